The highest BCUT2D eigenvalue weighted by molar-refractivity contribution is 7.10. The highest BCUT2D eigenvalue weighted by atomic mass is 32.1. The highest BCUT2D eigenvalue weighted by Crippen LogP contribution is 2.18. The third kappa shape index (κ3) is 4.09. The number of rotatable bonds is 5. The van der Waals surface area contributed by atoms with Crippen molar-refractivity contribution in [2.45, 2.75) is 45.2 Å². The van der Waals surface area contributed by atoms with Crippen LogP contribution in [0.4, 0.5) is 0 Å². The smallest absolute Gasteiger partial charge is 0.0327 e. The molecule has 2 rings (SSSR count). The van der Waals surface area contributed by atoms with Crippen LogP contribution in [0.3, 0.4) is 0 Å². The van der Waals surface area contributed by atoms with Crippen LogP contribution in [0.5, 0.6) is 0 Å². The van der Waals surface area contributed by atoms with Crippen molar-refractivity contribution in [3.05, 3.63) is 21.9 Å². The average molecular weight is 252 g/mol. The van der Waals surface area contributed by atoms with Gasteiger partial charge in [-0.1, -0.05) is 6.42 Å². The average Bonchev–Trinajstić information content (AvgIpc) is 2.74. The van der Waals surface area contributed by atoms with E-state index in [2.05, 4.69) is 35.6 Å². The van der Waals surface area contributed by atoms with Gasteiger partial charge in [0.2, 0.25) is 0 Å². The molecule has 0 amide bonds. The van der Waals surface area contributed by atoms with E-state index < -0.39 is 0 Å². The van der Waals surface area contributed by atoms with Gasteiger partial charge in [-0.3, -0.25) is 0 Å². The number of nitrogens with one attached hydrogen (secondary N) is 1. The Kier molecular flexibility index (Phi) is 5.01. The Labute approximate surface area is 109 Å². The molecular formula is C14H24N2S. The molecule has 1 aliphatic rings. The standard InChI is InChI=1S/C14H24N2S/c1-12-7-10-17-14(12)11-16(2)9-6-13-5-3-4-8-15-13/h7,10,13,15H,3-6,8-9,11H2,1-2H3. The summed E-state index contributed by atoms with van der Waals surface area (Å²) in [5.74, 6) is 0. The molecule has 3 heteroatoms. The summed E-state index contributed by atoms with van der Waals surface area (Å²) >= 11 is 1.88. The van der Waals surface area contributed by atoms with Crippen LogP contribution in [0.15, 0.2) is 11.4 Å². The van der Waals surface area contributed by atoms with Gasteiger partial charge in [0.1, 0.15) is 0 Å². The molecule has 1 aliphatic heterocycles. The third-order valence-corrected chi connectivity index (χ3v) is 4.66. The van der Waals surface area contributed by atoms with Crippen LogP contribution in [-0.4, -0.2) is 31.1 Å². The van der Waals surface area contributed by atoms with Gasteiger partial charge in [-0.2, -0.15) is 0 Å². The lowest BCUT2D eigenvalue weighted by Crippen LogP contribution is -2.36. The van der Waals surface area contributed by atoms with E-state index in [-0.39, 0.29) is 0 Å². The quantitative estimate of drug-likeness (QED) is 0.866. The van der Waals surface area contributed by atoms with E-state index in [1.54, 1.807) is 0 Å². The molecular weight excluding hydrogens is 228 g/mol. The van der Waals surface area contributed by atoms with Crippen molar-refractivity contribution < 1.29 is 0 Å². The van der Waals surface area contributed by atoms with Crippen LogP contribution in [-0.2, 0) is 6.54 Å². The van der Waals surface area contributed by atoms with Crippen LogP contribution < -0.4 is 5.32 Å². The number of hydrogen-bond donors (Lipinski definition) is 1. The summed E-state index contributed by atoms with van der Waals surface area (Å²) in [6, 6.07) is 2.98. The second kappa shape index (κ2) is 6.53. The predicted molar refractivity (Wildman–Crippen MR) is 75.6 cm³/mol. The largest absolute Gasteiger partial charge is 0.314 e. The first-order valence-electron chi connectivity index (χ1n) is 6.70. The zero-order chi connectivity index (χ0) is 12.1. The molecule has 0 aliphatic carbocycles. The van der Waals surface area contributed by atoms with Crippen molar-refractivity contribution in [3.63, 3.8) is 0 Å². The second-order valence-electron chi connectivity index (χ2n) is 5.20. The minimum absolute atomic E-state index is 0.760. The summed E-state index contributed by atoms with van der Waals surface area (Å²) in [5, 5.41) is 5.82. The number of thiophene rings is 1. The molecule has 0 radical (unpaired) electrons. The molecule has 2 heterocycles. The maximum atomic E-state index is 3.62. The Morgan fingerprint density at radius 1 is 1.47 bits per heavy atom. The molecule has 1 N–H and O–H groups in total. The van der Waals surface area contributed by atoms with Gasteiger partial charge in [-0.25, -0.2) is 0 Å². The van der Waals surface area contributed by atoms with E-state index in [1.807, 2.05) is 11.3 Å². The van der Waals surface area contributed by atoms with Crippen molar-refractivity contribution in [1.29, 1.82) is 0 Å². The van der Waals surface area contributed by atoms with Crippen LogP contribution >= 0.6 is 11.3 Å². The molecule has 96 valence electrons. The number of piperidine rings is 1. The fourth-order valence-electron chi connectivity index (χ4n) is 2.44. The van der Waals surface area contributed by atoms with E-state index in [4.69, 9.17) is 0 Å². The molecule has 0 saturated carbocycles. The topological polar surface area (TPSA) is 15.3 Å². The molecule has 0 bridgehead atoms. The first-order chi connectivity index (χ1) is 8.25. The lowest BCUT2D eigenvalue weighted by Gasteiger charge is -2.25. The molecule has 1 aromatic heterocycles. The molecule has 1 fully saturated rings. The lowest BCUT2D eigenvalue weighted by atomic mass is 10.0. The van der Waals surface area contributed by atoms with Crippen LogP contribution in [0.1, 0.15) is 36.1 Å². The molecule has 2 nitrogen and oxygen atoms in total. The summed E-state index contributed by atoms with van der Waals surface area (Å²) in [6.07, 6.45) is 5.43. The molecule has 1 saturated heterocycles. The minimum Gasteiger partial charge on any atom is -0.314 e. The Morgan fingerprint density at radius 3 is 3.00 bits per heavy atom. The van der Waals surface area contributed by atoms with Crippen molar-refractivity contribution in [2.24, 2.45) is 0 Å². The van der Waals surface area contributed by atoms with E-state index >= 15 is 0 Å². The number of aryl methyl sites for hydroxylation is 1. The number of hydrogen-bond acceptors (Lipinski definition) is 3. The minimum atomic E-state index is 0.760. The molecule has 1 aromatic rings. The van der Waals surface area contributed by atoms with Gasteiger partial charge < -0.3 is 10.2 Å². The first kappa shape index (κ1) is 13.1. The summed E-state index contributed by atoms with van der Waals surface area (Å²) in [6.45, 7) is 5.74. The summed E-state index contributed by atoms with van der Waals surface area (Å²) in [4.78, 5) is 3.97. The highest BCUT2D eigenvalue weighted by Gasteiger charge is 2.13. The van der Waals surface area contributed by atoms with E-state index in [0.717, 1.165) is 12.6 Å². The maximum Gasteiger partial charge on any atom is 0.0327 e. The van der Waals surface area contributed by atoms with Gasteiger partial charge in [0.15, 0.2) is 0 Å². The molecule has 0 spiro atoms. The first-order valence-corrected chi connectivity index (χ1v) is 7.58. The van der Waals surface area contributed by atoms with E-state index in [0.29, 0.717) is 0 Å². The maximum absolute atomic E-state index is 3.62. The SMILES string of the molecule is Cc1ccsc1CN(C)CCC1CCCCN1. The van der Waals surface area contributed by atoms with Gasteiger partial charge in [-0.05, 0) is 63.3 Å². The van der Waals surface area contributed by atoms with Crippen molar-refractivity contribution >= 4 is 11.3 Å². The van der Waals surface area contributed by atoms with Gasteiger partial charge in [0.05, 0.1) is 0 Å². The van der Waals surface area contributed by atoms with Gasteiger partial charge >= 0.3 is 0 Å². The summed E-state index contributed by atoms with van der Waals surface area (Å²) in [7, 11) is 2.24. The third-order valence-electron chi connectivity index (χ3n) is 3.65. The van der Waals surface area contributed by atoms with Crippen LogP contribution in [0.25, 0.3) is 0 Å². The van der Waals surface area contributed by atoms with Crippen molar-refractivity contribution in [1.82, 2.24) is 10.2 Å². The zero-order valence-corrected chi connectivity index (χ0v) is 11.9. The molecule has 1 atom stereocenters. The summed E-state index contributed by atoms with van der Waals surface area (Å²) in [5.41, 5.74) is 1.44. The van der Waals surface area contributed by atoms with Crippen molar-refractivity contribution in [2.75, 3.05) is 20.1 Å². The van der Waals surface area contributed by atoms with Gasteiger partial charge in [0.25, 0.3) is 0 Å². The monoisotopic (exact) mass is 252 g/mol. The second-order valence-corrected chi connectivity index (χ2v) is 6.20. The normalized spacial score (nSPS) is 21.0. The summed E-state index contributed by atoms with van der Waals surface area (Å²) < 4.78 is 0. The Morgan fingerprint density at radius 2 is 2.35 bits per heavy atom. The van der Waals surface area contributed by atoms with Gasteiger partial charge in [0, 0.05) is 17.5 Å². The van der Waals surface area contributed by atoms with E-state index in [1.165, 1.54) is 49.2 Å². The lowest BCUT2D eigenvalue weighted by molar-refractivity contribution is 0.283. The predicted octanol–water partition coefficient (Wildman–Crippen LogP) is 3.02. The van der Waals surface area contributed by atoms with Crippen molar-refractivity contribution in [3.8, 4) is 0 Å². The Balaban J connectivity index is 1.70. The molecule has 17 heavy (non-hydrogen) atoms. The van der Waals surface area contributed by atoms with Crippen LogP contribution in [0, 0.1) is 6.92 Å². The van der Waals surface area contributed by atoms with Gasteiger partial charge in [-0.15, -0.1) is 11.3 Å². The Hall–Kier alpha value is -0.380. The fraction of sp³-hybridized carbons (Fsp3) is 0.714. The zero-order valence-electron chi connectivity index (χ0n) is 11.0. The fourth-order valence-corrected chi connectivity index (χ4v) is 3.42. The number of nitrogens with zero attached hydrogens (tertiary/aromatic N) is 1. The Bertz CT molecular complexity index is 329. The van der Waals surface area contributed by atoms with E-state index in [9.17, 15) is 0 Å². The molecule has 0 aromatic carbocycles. The molecule has 1 unspecified atom stereocenters. The van der Waals surface area contributed by atoms with Crippen LogP contribution in [0.2, 0.25) is 0 Å².